The Kier molecular flexibility index (Phi) is 5.63. The van der Waals surface area contributed by atoms with Crippen LogP contribution in [-0.2, 0) is 9.53 Å². The fourth-order valence-corrected chi connectivity index (χ4v) is 1.76. The third-order valence-corrected chi connectivity index (χ3v) is 2.69. The molecule has 0 aromatic heterocycles. The number of carbonyl (C=O) groups excluding carboxylic acids is 2. The molecule has 8 heteroatoms. The molecule has 1 amide bonds. The van der Waals surface area contributed by atoms with E-state index in [4.69, 9.17) is 4.74 Å². The van der Waals surface area contributed by atoms with Crippen molar-refractivity contribution in [1.82, 2.24) is 4.90 Å². The SMILES string of the molecule is CN(C(=O)OC(C)(C)C)C(C=O)c1ccccc1OC(F)(F)F. The number of likely N-dealkylation sites (N-methyl/N-ethyl adjacent to an activating group) is 1. The lowest BCUT2D eigenvalue weighted by Crippen LogP contribution is -2.37. The lowest BCUT2D eigenvalue weighted by molar-refractivity contribution is -0.275. The van der Waals surface area contributed by atoms with E-state index in [9.17, 15) is 22.8 Å². The van der Waals surface area contributed by atoms with Crippen molar-refractivity contribution >= 4 is 12.4 Å². The Morgan fingerprint density at radius 1 is 1.22 bits per heavy atom. The summed E-state index contributed by atoms with van der Waals surface area (Å²) >= 11 is 0. The zero-order valence-corrected chi connectivity index (χ0v) is 13.2. The van der Waals surface area contributed by atoms with Crippen LogP contribution in [0.1, 0.15) is 32.4 Å². The standard InChI is InChI=1S/C15H18F3NO4/c1-14(2,3)23-13(21)19(4)11(9-20)10-7-5-6-8-12(10)22-15(16,17)18/h5-9,11H,1-4H3. The first-order valence-electron chi connectivity index (χ1n) is 6.70. The highest BCUT2D eigenvalue weighted by molar-refractivity contribution is 5.75. The number of hydrogen-bond donors (Lipinski definition) is 0. The number of hydrogen-bond acceptors (Lipinski definition) is 4. The van der Waals surface area contributed by atoms with E-state index in [1.54, 1.807) is 20.8 Å². The number of para-hydroxylation sites is 1. The van der Waals surface area contributed by atoms with Crippen molar-refractivity contribution in [3.63, 3.8) is 0 Å². The van der Waals surface area contributed by atoms with Crippen LogP contribution in [0.4, 0.5) is 18.0 Å². The Morgan fingerprint density at radius 3 is 2.26 bits per heavy atom. The van der Waals surface area contributed by atoms with Gasteiger partial charge in [-0.2, -0.15) is 0 Å². The highest BCUT2D eigenvalue weighted by Gasteiger charge is 2.34. The fourth-order valence-electron chi connectivity index (χ4n) is 1.76. The topological polar surface area (TPSA) is 55.8 Å². The number of aldehydes is 1. The summed E-state index contributed by atoms with van der Waals surface area (Å²) in [7, 11) is 1.26. The molecule has 0 aliphatic rings. The van der Waals surface area contributed by atoms with Gasteiger partial charge in [0.05, 0.1) is 0 Å². The lowest BCUT2D eigenvalue weighted by Gasteiger charge is -2.29. The second kappa shape index (κ2) is 6.89. The Balaban J connectivity index is 3.11. The number of rotatable bonds is 4. The first-order chi connectivity index (χ1) is 10.4. The molecule has 5 nitrogen and oxygen atoms in total. The van der Waals surface area contributed by atoms with Crippen LogP contribution in [-0.4, -0.2) is 36.3 Å². The molecule has 1 rings (SSSR count). The van der Waals surface area contributed by atoms with E-state index in [0.717, 1.165) is 11.0 Å². The second-order valence-electron chi connectivity index (χ2n) is 5.76. The zero-order valence-electron chi connectivity index (χ0n) is 13.2. The van der Waals surface area contributed by atoms with Gasteiger partial charge in [-0.1, -0.05) is 18.2 Å². The molecule has 128 valence electrons. The van der Waals surface area contributed by atoms with E-state index in [2.05, 4.69) is 4.74 Å². The van der Waals surface area contributed by atoms with E-state index in [-0.39, 0.29) is 5.56 Å². The summed E-state index contributed by atoms with van der Waals surface area (Å²) in [5.41, 5.74) is -0.894. The molecule has 0 saturated heterocycles. The van der Waals surface area contributed by atoms with Crippen molar-refractivity contribution in [2.45, 2.75) is 38.8 Å². The zero-order chi connectivity index (χ0) is 17.8. The monoisotopic (exact) mass is 333 g/mol. The van der Waals surface area contributed by atoms with Crippen LogP contribution >= 0.6 is 0 Å². The molecule has 23 heavy (non-hydrogen) atoms. The number of benzene rings is 1. The van der Waals surface area contributed by atoms with Gasteiger partial charge in [-0.3, -0.25) is 4.90 Å². The minimum absolute atomic E-state index is 0.0896. The summed E-state index contributed by atoms with van der Waals surface area (Å²) in [6.45, 7) is 4.90. The molecule has 1 aromatic carbocycles. The summed E-state index contributed by atoms with van der Waals surface area (Å²) in [6, 6.07) is 3.85. The molecule has 0 aliphatic heterocycles. The quantitative estimate of drug-likeness (QED) is 0.789. The molecule has 0 bridgehead atoms. The van der Waals surface area contributed by atoms with Gasteiger partial charge in [0.1, 0.15) is 23.7 Å². The van der Waals surface area contributed by atoms with Gasteiger partial charge < -0.3 is 14.3 Å². The molecule has 0 spiro atoms. The van der Waals surface area contributed by atoms with Gasteiger partial charge in [-0.15, -0.1) is 13.2 Å². The molecule has 0 saturated carbocycles. The average molecular weight is 333 g/mol. The largest absolute Gasteiger partial charge is 0.573 e. The first kappa shape index (κ1) is 18.8. The van der Waals surface area contributed by atoms with Gasteiger partial charge in [-0.25, -0.2) is 4.79 Å². The van der Waals surface area contributed by atoms with Crippen LogP contribution in [0.3, 0.4) is 0 Å². The van der Waals surface area contributed by atoms with E-state index in [0.29, 0.717) is 6.29 Å². The molecule has 1 aromatic rings. The van der Waals surface area contributed by atoms with Crippen molar-refractivity contribution < 1.29 is 32.2 Å². The highest BCUT2D eigenvalue weighted by Crippen LogP contribution is 2.32. The number of halogens is 3. The molecule has 0 aliphatic carbocycles. The summed E-state index contributed by atoms with van der Waals surface area (Å²) < 4.78 is 46.4. The summed E-state index contributed by atoms with van der Waals surface area (Å²) in [5.74, 6) is -0.549. The second-order valence-corrected chi connectivity index (χ2v) is 5.76. The minimum Gasteiger partial charge on any atom is -0.444 e. The number of alkyl halides is 3. The van der Waals surface area contributed by atoms with Crippen molar-refractivity contribution in [2.75, 3.05) is 7.05 Å². The average Bonchev–Trinajstić information content (AvgIpc) is 2.37. The third kappa shape index (κ3) is 5.80. The Hall–Kier alpha value is -2.25. The van der Waals surface area contributed by atoms with E-state index >= 15 is 0 Å². The van der Waals surface area contributed by atoms with Gasteiger partial charge in [0.15, 0.2) is 0 Å². The molecule has 0 heterocycles. The maximum absolute atomic E-state index is 12.5. The predicted octanol–water partition coefficient (Wildman–Crippen LogP) is 3.69. The predicted molar refractivity (Wildman–Crippen MR) is 75.9 cm³/mol. The van der Waals surface area contributed by atoms with Crippen LogP contribution < -0.4 is 4.74 Å². The van der Waals surface area contributed by atoms with Crippen molar-refractivity contribution in [1.29, 1.82) is 0 Å². The minimum atomic E-state index is -4.91. The normalized spacial score (nSPS) is 13.2. The van der Waals surface area contributed by atoms with Crippen LogP contribution in [0.5, 0.6) is 5.75 Å². The Labute approximate surface area is 132 Å². The van der Waals surface area contributed by atoms with E-state index in [1.165, 1.54) is 25.2 Å². The number of nitrogens with zero attached hydrogens (tertiary/aromatic N) is 1. The first-order valence-corrected chi connectivity index (χ1v) is 6.70. The maximum Gasteiger partial charge on any atom is 0.573 e. The van der Waals surface area contributed by atoms with Crippen molar-refractivity contribution in [2.24, 2.45) is 0 Å². The van der Waals surface area contributed by atoms with Gasteiger partial charge in [0, 0.05) is 12.6 Å². The van der Waals surface area contributed by atoms with Crippen LogP contribution in [0.15, 0.2) is 24.3 Å². The highest BCUT2D eigenvalue weighted by atomic mass is 19.4. The lowest BCUT2D eigenvalue weighted by atomic mass is 10.1. The van der Waals surface area contributed by atoms with Crippen molar-refractivity contribution in [3.05, 3.63) is 29.8 Å². The molecule has 1 unspecified atom stereocenters. The van der Waals surface area contributed by atoms with Gasteiger partial charge in [0.2, 0.25) is 0 Å². The molecule has 0 radical (unpaired) electrons. The Morgan fingerprint density at radius 2 is 1.78 bits per heavy atom. The summed E-state index contributed by atoms with van der Waals surface area (Å²) in [6.07, 6.45) is -5.40. The van der Waals surface area contributed by atoms with E-state index in [1.807, 2.05) is 0 Å². The van der Waals surface area contributed by atoms with E-state index < -0.39 is 29.8 Å². The molecule has 1 atom stereocenters. The van der Waals surface area contributed by atoms with Gasteiger partial charge >= 0.3 is 12.5 Å². The maximum atomic E-state index is 12.5. The van der Waals surface area contributed by atoms with Crippen LogP contribution in [0.2, 0.25) is 0 Å². The summed E-state index contributed by atoms with van der Waals surface area (Å²) in [4.78, 5) is 24.3. The number of carbonyl (C=O) groups is 2. The molecular formula is C15H18F3NO4. The van der Waals surface area contributed by atoms with Crippen molar-refractivity contribution in [3.8, 4) is 5.75 Å². The molecular weight excluding hydrogens is 315 g/mol. The van der Waals surface area contributed by atoms with Crippen LogP contribution in [0.25, 0.3) is 0 Å². The smallest absolute Gasteiger partial charge is 0.444 e. The third-order valence-electron chi connectivity index (χ3n) is 2.69. The van der Waals surface area contributed by atoms with Gasteiger partial charge in [0.25, 0.3) is 0 Å². The Bertz CT molecular complexity index is 567. The molecule has 0 N–H and O–H groups in total. The fraction of sp³-hybridized carbons (Fsp3) is 0.467. The van der Waals surface area contributed by atoms with Gasteiger partial charge in [-0.05, 0) is 26.8 Å². The number of amides is 1. The number of ether oxygens (including phenoxy) is 2. The van der Waals surface area contributed by atoms with Crippen LogP contribution in [0, 0.1) is 0 Å². The summed E-state index contributed by atoms with van der Waals surface area (Å²) in [5, 5.41) is 0. The molecule has 0 fully saturated rings.